The van der Waals surface area contributed by atoms with Crippen molar-refractivity contribution in [3.05, 3.63) is 0 Å². The third-order valence-electron chi connectivity index (χ3n) is 3.27. The summed E-state index contributed by atoms with van der Waals surface area (Å²) in [7, 11) is 1.79. The van der Waals surface area contributed by atoms with Gasteiger partial charge in [0.05, 0.1) is 12.2 Å². The van der Waals surface area contributed by atoms with Crippen LogP contribution in [-0.4, -0.2) is 51.5 Å². The summed E-state index contributed by atoms with van der Waals surface area (Å²) in [5, 5.41) is 6.59. The largest absolute Gasteiger partial charge is 0.376 e. The minimum atomic E-state index is 0.344. The first kappa shape index (κ1) is 12.6. The van der Waals surface area contributed by atoms with E-state index >= 15 is 0 Å². The molecule has 17 heavy (non-hydrogen) atoms. The molecule has 0 aliphatic carbocycles. The maximum atomic E-state index is 5.56. The van der Waals surface area contributed by atoms with E-state index in [0.717, 1.165) is 45.1 Å². The van der Waals surface area contributed by atoms with Crippen molar-refractivity contribution in [1.82, 2.24) is 10.6 Å². The highest BCUT2D eigenvalue weighted by atomic mass is 16.5. The number of hydrogen-bond acceptors (Lipinski definition) is 3. The molecule has 2 aliphatic rings. The molecule has 0 aromatic carbocycles. The summed E-state index contributed by atoms with van der Waals surface area (Å²) in [6.07, 6.45) is 5.33. The molecule has 2 unspecified atom stereocenters. The Hall–Kier alpha value is -0.810. The van der Waals surface area contributed by atoms with Crippen molar-refractivity contribution >= 4 is 5.96 Å². The van der Waals surface area contributed by atoms with E-state index in [4.69, 9.17) is 9.47 Å². The summed E-state index contributed by atoms with van der Waals surface area (Å²) < 4.78 is 11.1. The van der Waals surface area contributed by atoms with Crippen LogP contribution in [0.15, 0.2) is 4.99 Å². The lowest BCUT2D eigenvalue weighted by molar-refractivity contribution is 0.111. The minimum absolute atomic E-state index is 0.344. The third kappa shape index (κ3) is 4.16. The summed E-state index contributed by atoms with van der Waals surface area (Å²) in [6, 6.07) is 0. The lowest BCUT2D eigenvalue weighted by atomic mass is 10.2. The Kier molecular flexibility index (Phi) is 5.07. The molecule has 2 saturated heterocycles. The molecule has 2 atom stereocenters. The highest BCUT2D eigenvalue weighted by Crippen LogP contribution is 2.11. The molecule has 2 aliphatic heterocycles. The van der Waals surface area contributed by atoms with E-state index in [1.54, 1.807) is 7.05 Å². The van der Waals surface area contributed by atoms with Crippen LogP contribution in [0, 0.1) is 0 Å². The Morgan fingerprint density at radius 3 is 1.94 bits per heavy atom. The van der Waals surface area contributed by atoms with Crippen LogP contribution >= 0.6 is 0 Å². The van der Waals surface area contributed by atoms with Gasteiger partial charge in [-0.15, -0.1) is 0 Å². The average molecular weight is 241 g/mol. The molecule has 0 radical (unpaired) electrons. The first-order chi connectivity index (χ1) is 8.38. The van der Waals surface area contributed by atoms with Crippen molar-refractivity contribution in [3.63, 3.8) is 0 Å². The third-order valence-corrected chi connectivity index (χ3v) is 3.27. The Bertz CT molecular complexity index is 224. The van der Waals surface area contributed by atoms with Crippen molar-refractivity contribution in [2.75, 3.05) is 33.4 Å². The number of nitrogens with zero attached hydrogens (tertiary/aromatic N) is 1. The fourth-order valence-corrected chi connectivity index (χ4v) is 2.25. The van der Waals surface area contributed by atoms with Gasteiger partial charge in [0.2, 0.25) is 0 Å². The molecular weight excluding hydrogens is 218 g/mol. The molecule has 2 fully saturated rings. The monoisotopic (exact) mass is 241 g/mol. The number of rotatable bonds is 4. The number of aliphatic imine (C=N–C) groups is 1. The number of nitrogens with one attached hydrogen (secondary N) is 2. The lowest BCUT2D eigenvalue weighted by Crippen LogP contribution is -2.43. The van der Waals surface area contributed by atoms with Gasteiger partial charge < -0.3 is 20.1 Å². The van der Waals surface area contributed by atoms with Gasteiger partial charge >= 0.3 is 0 Å². The molecule has 5 heteroatoms. The molecule has 0 amide bonds. The van der Waals surface area contributed by atoms with Crippen LogP contribution in [0.5, 0.6) is 0 Å². The molecule has 0 aromatic heterocycles. The van der Waals surface area contributed by atoms with Gasteiger partial charge in [-0.1, -0.05) is 0 Å². The Morgan fingerprint density at radius 2 is 1.59 bits per heavy atom. The van der Waals surface area contributed by atoms with Gasteiger partial charge in [0.15, 0.2) is 5.96 Å². The summed E-state index contributed by atoms with van der Waals surface area (Å²) in [6.45, 7) is 3.47. The van der Waals surface area contributed by atoms with E-state index in [9.17, 15) is 0 Å². The topological polar surface area (TPSA) is 54.9 Å². The van der Waals surface area contributed by atoms with Crippen LogP contribution in [0.3, 0.4) is 0 Å². The van der Waals surface area contributed by atoms with Crippen LogP contribution in [-0.2, 0) is 9.47 Å². The second kappa shape index (κ2) is 6.81. The maximum Gasteiger partial charge on any atom is 0.191 e. The first-order valence-electron chi connectivity index (χ1n) is 6.56. The Balaban J connectivity index is 1.62. The van der Waals surface area contributed by atoms with E-state index in [-0.39, 0.29) is 0 Å². The number of ether oxygens (including phenoxy) is 2. The second-order valence-corrected chi connectivity index (χ2v) is 4.60. The fourth-order valence-electron chi connectivity index (χ4n) is 2.25. The van der Waals surface area contributed by atoms with Crippen molar-refractivity contribution in [3.8, 4) is 0 Å². The van der Waals surface area contributed by atoms with Gasteiger partial charge in [-0.3, -0.25) is 4.99 Å². The maximum absolute atomic E-state index is 5.56. The summed E-state index contributed by atoms with van der Waals surface area (Å²) in [5.41, 5.74) is 0. The van der Waals surface area contributed by atoms with Crippen molar-refractivity contribution in [2.24, 2.45) is 4.99 Å². The van der Waals surface area contributed by atoms with Crippen LogP contribution in [0.25, 0.3) is 0 Å². The van der Waals surface area contributed by atoms with Gasteiger partial charge in [-0.05, 0) is 25.7 Å². The van der Waals surface area contributed by atoms with E-state index in [1.165, 1.54) is 12.8 Å². The standard InChI is InChI=1S/C12H23N3O2/c1-13-12(14-8-10-4-2-6-16-10)15-9-11-5-3-7-17-11/h10-11H,2-9H2,1H3,(H2,13,14,15). The zero-order valence-corrected chi connectivity index (χ0v) is 10.6. The molecule has 2 heterocycles. The van der Waals surface area contributed by atoms with Crippen LogP contribution in [0.4, 0.5) is 0 Å². The van der Waals surface area contributed by atoms with E-state index in [1.807, 2.05) is 0 Å². The molecule has 2 rings (SSSR count). The quantitative estimate of drug-likeness (QED) is 0.556. The summed E-state index contributed by atoms with van der Waals surface area (Å²) in [4.78, 5) is 4.19. The lowest BCUT2D eigenvalue weighted by Gasteiger charge is -2.17. The molecule has 98 valence electrons. The first-order valence-corrected chi connectivity index (χ1v) is 6.56. The zero-order chi connectivity index (χ0) is 11.9. The van der Waals surface area contributed by atoms with E-state index < -0.39 is 0 Å². The molecule has 0 aromatic rings. The molecule has 2 N–H and O–H groups in total. The number of hydrogen-bond donors (Lipinski definition) is 2. The average Bonchev–Trinajstić information content (AvgIpc) is 3.02. The van der Waals surface area contributed by atoms with Gasteiger partial charge in [0, 0.05) is 33.4 Å². The summed E-state index contributed by atoms with van der Waals surface area (Å²) >= 11 is 0. The van der Waals surface area contributed by atoms with Crippen LogP contribution in [0.1, 0.15) is 25.7 Å². The van der Waals surface area contributed by atoms with Crippen molar-refractivity contribution in [1.29, 1.82) is 0 Å². The van der Waals surface area contributed by atoms with Gasteiger partial charge in [0.25, 0.3) is 0 Å². The van der Waals surface area contributed by atoms with Crippen LogP contribution in [0.2, 0.25) is 0 Å². The highest BCUT2D eigenvalue weighted by Gasteiger charge is 2.17. The Labute approximate surface area is 103 Å². The van der Waals surface area contributed by atoms with E-state index in [0.29, 0.717) is 12.2 Å². The van der Waals surface area contributed by atoms with Gasteiger partial charge in [0.1, 0.15) is 0 Å². The fraction of sp³-hybridized carbons (Fsp3) is 0.917. The summed E-state index contributed by atoms with van der Waals surface area (Å²) in [5.74, 6) is 0.844. The molecule has 0 spiro atoms. The number of guanidine groups is 1. The SMILES string of the molecule is CN=C(NCC1CCCO1)NCC1CCCO1. The van der Waals surface area contributed by atoms with E-state index in [2.05, 4.69) is 15.6 Å². The van der Waals surface area contributed by atoms with Gasteiger partial charge in [-0.2, -0.15) is 0 Å². The normalized spacial score (nSPS) is 28.1. The predicted octanol–water partition coefficient (Wildman–Crippen LogP) is 0.509. The highest BCUT2D eigenvalue weighted by molar-refractivity contribution is 5.79. The Morgan fingerprint density at radius 1 is 1.06 bits per heavy atom. The van der Waals surface area contributed by atoms with Gasteiger partial charge in [-0.25, -0.2) is 0 Å². The van der Waals surface area contributed by atoms with Crippen molar-refractivity contribution in [2.45, 2.75) is 37.9 Å². The smallest absolute Gasteiger partial charge is 0.191 e. The molecular formula is C12H23N3O2. The molecule has 0 bridgehead atoms. The second-order valence-electron chi connectivity index (χ2n) is 4.60. The molecule has 0 saturated carbocycles. The van der Waals surface area contributed by atoms with Crippen molar-refractivity contribution < 1.29 is 9.47 Å². The minimum Gasteiger partial charge on any atom is -0.376 e. The predicted molar refractivity (Wildman–Crippen MR) is 67.3 cm³/mol. The zero-order valence-electron chi connectivity index (χ0n) is 10.6. The molecule has 5 nitrogen and oxygen atoms in total. The van der Waals surface area contributed by atoms with Crippen LogP contribution < -0.4 is 10.6 Å².